The maximum absolute atomic E-state index is 13.1. The van der Waals surface area contributed by atoms with Crippen molar-refractivity contribution in [2.24, 2.45) is 11.8 Å². The molecule has 1 aromatic rings. The van der Waals surface area contributed by atoms with E-state index in [1.165, 1.54) is 11.1 Å². The minimum atomic E-state index is -1.33. The molecule has 1 saturated heterocycles. The van der Waals surface area contributed by atoms with Crippen LogP contribution in [0.1, 0.15) is 25.3 Å². The fourth-order valence-electron chi connectivity index (χ4n) is 4.58. The minimum Gasteiger partial charge on any atom is -0.379 e. The molecule has 0 unspecified atom stereocenters. The number of carbonyl (C=O) groups excluding carboxylic acids is 1. The lowest BCUT2D eigenvalue weighted by Crippen LogP contribution is -2.51. The number of hydrogen-bond donors (Lipinski definition) is 1. The number of aliphatic hydroxyl groups is 1. The second kappa shape index (κ2) is 7.77. The van der Waals surface area contributed by atoms with E-state index in [4.69, 9.17) is 4.74 Å². The van der Waals surface area contributed by atoms with Crippen LogP contribution in [0.25, 0.3) is 0 Å². The van der Waals surface area contributed by atoms with Crippen LogP contribution < -0.4 is 0 Å². The predicted molar refractivity (Wildman–Crippen MR) is 103 cm³/mol. The fourth-order valence-corrected chi connectivity index (χ4v) is 4.58. The molecule has 0 radical (unpaired) electrons. The van der Waals surface area contributed by atoms with Crippen LogP contribution in [0.3, 0.4) is 0 Å². The summed E-state index contributed by atoms with van der Waals surface area (Å²) in [6.45, 7) is 6.74. The first kappa shape index (κ1) is 18.9. The van der Waals surface area contributed by atoms with Crippen molar-refractivity contribution in [1.82, 2.24) is 4.90 Å². The molecule has 0 bridgehead atoms. The van der Waals surface area contributed by atoms with Gasteiger partial charge in [-0.15, -0.1) is 6.58 Å². The van der Waals surface area contributed by atoms with Crippen molar-refractivity contribution in [3.63, 3.8) is 0 Å². The first-order valence-corrected chi connectivity index (χ1v) is 9.38. The van der Waals surface area contributed by atoms with Gasteiger partial charge in [-0.05, 0) is 31.7 Å². The van der Waals surface area contributed by atoms with Crippen LogP contribution in [-0.4, -0.2) is 47.8 Å². The third kappa shape index (κ3) is 3.36. The monoisotopic (exact) mass is 355 g/mol. The topological polar surface area (TPSA) is 49.8 Å². The molecule has 2 aliphatic rings. The largest absolute Gasteiger partial charge is 0.379 e. The van der Waals surface area contributed by atoms with Gasteiger partial charge in [0.15, 0.2) is 5.60 Å². The van der Waals surface area contributed by atoms with Gasteiger partial charge in [0, 0.05) is 31.5 Å². The van der Waals surface area contributed by atoms with Crippen molar-refractivity contribution in [2.75, 3.05) is 20.3 Å². The van der Waals surface area contributed by atoms with Gasteiger partial charge in [-0.3, -0.25) is 4.79 Å². The van der Waals surface area contributed by atoms with E-state index in [2.05, 4.69) is 31.7 Å². The summed E-state index contributed by atoms with van der Waals surface area (Å²) in [5.41, 5.74) is 1.11. The van der Waals surface area contributed by atoms with Crippen LogP contribution in [-0.2, 0) is 16.0 Å². The van der Waals surface area contributed by atoms with E-state index in [0.717, 1.165) is 12.8 Å². The van der Waals surface area contributed by atoms with Crippen molar-refractivity contribution < 1.29 is 14.6 Å². The van der Waals surface area contributed by atoms with Gasteiger partial charge in [-0.25, -0.2) is 0 Å². The smallest absolute Gasteiger partial charge is 0.255 e. The average molecular weight is 355 g/mol. The summed E-state index contributed by atoms with van der Waals surface area (Å²) in [6.07, 6.45) is 5.95. The zero-order valence-electron chi connectivity index (χ0n) is 15.7. The van der Waals surface area contributed by atoms with Gasteiger partial charge in [0.1, 0.15) is 0 Å². The molecule has 1 aliphatic heterocycles. The van der Waals surface area contributed by atoms with Crippen molar-refractivity contribution in [1.29, 1.82) is 0 Å². The van der Waals surface area contributed by atoms with E-state index in [9.17, 15) is 9.90 Å². The Morgan fingerprint density at radius 3 is 2.81 bits per heavy atom. The van der Waals surface area contributed by atoms with E-state index < -0.39 is 5.60 Å². The quantitative estimate of drug-likeness (QED) is 0.604. The van der Waals surface area contributed by atoms with Crippen molar-refractivity contribution >= 4 is 5.91 Å². The average Bonchev–Trinajstić information content (AvgIpc) is 2.82. The molecule has 0 aromatic heterocycles. The highest BCUT2D eigenvalue weighted by Crippen LogP contribution is 2.48. The number of likely N-dealkylation sites (tertiary alicyclic amines) is 1. The second-order valence-electron chi connectivity index (χ2n) is 7.58. The minimum absolute atomic E-state index is 0.00939. The highest BCUT2D eigenvalue weighted by Gasteiger charge is 2.61. The van der Waals surface area contributed by atoms with E-state index in [-0.39, 0.29) is 23.8 Å². The molecule has 1 amide bonds. The van der Waals surface area contributed by atoms with Crippen LogP contribution in [0, 0.1) is 11.8 Å². The number of ether oxygens (including phenoxy) is 1. The van der Waals surface area contributed by atoms with E-state index in [1.54, 1.807) is 11.0 Å². The van der Waals surface area contributed by atoms with Gasteiger partial charge in [-0.2, -0.15) is 0 Å². The molecular formula is C22H29NO3. The Morgan fingerprint density at radius 2 is 2.12 bits per heavy atom. The molecule has 3 rings (SSSR count). The number of likely N-dealkylation sites (N-methyl/N-ethyl adjacent to an activating group) is 1. The highest BCUT2D eigenvalue weighted by molar-refractivity contribution is 5.89. The maximum Gasteiger partial charge on any atom is 0.255 e. The van der Waals surface area contributed by atoms with Gasteiger partial charge >= 0.3 is 0 Å². The summed E-state index contributed by atoms with van der Waals surface area (Å²) in [5, 5.41) is 11.5. The molecule has 1 aromatic carbocycles. The van der Waals surface area contributed by atoms with Gasteiger partial charge in [0.2, 0.25) is 0 Å². The Hall–Kier alpha value is -1.91. The zero-order chi connectivity index (χ0) is 18.7. The molecule has 1 aliphatic carbocycles. The van der Waals surface area contributed by atoms with Crippen molar-refractivity contribution in [3.05, 3.63) is 60.2 Å². The number of hydrogen-bond acceptors (Lipinski definition) is 3. The Bertz CT molecular complexity index is 684. The third-order valence-electron chi connectivity index (χ3n) is 5.88. The lowest BCUT2D eigenvalue weighted by Gasteiger charge is -2.39. The van der Waals surface area contributed by atoms with Crippen LogP contribution in [0.2, 0.25) is 0 Å². The van der Waals surface area contributed by atoms with Gasteiger partial charge in [-0.1, -0.05) is 48.1 Å². The summed E-state index contributed by atoms with van der Waals surface area (Å²) >= 11 is 0. The van der Waals surface area contributed by atoms with Crippen LogP contribution in [0.15, 0.2) is 54.6 Å². The SMILES string of the molecule is C=CCOCC[C@H]1C=C(C)C[C@H]2[C@H](Cc3ccccc3)N(C)C(=O)[C@@]12O. The molecule has 4 heteroatoms. The lowest BCUT2D eigenvalue weighted by molar-refractivity contribution is -0.150. The number of amides is 1. The summed E-state index contributed by atoms with van der Waals surface area (Å²) in [7, 11) is 1.83. The summed E-state index contributed by atoms with van der Waals surface area (Å²) in [6, 6.07) is 10.2. The summed E-state index contributed by atoms with van der Waals surface area (Å²) in [4.78, 5) is 14.8. The molecule has 0 spiro atoms. The number of fused-ring (bicyclic) bond motifs is 1. The van der Waals surface area contributed by atoms with Crippen LogP contribution in [0.5, 0.6) is 0 Å². The molecule has 1 heterocycles. The third-order valence-corrected chi connectivity index (χ3v) is 5.88. The number of rotatable bonds is 7. The molecule has 4 atom stereocenters. The molecule has 140 valence electrons. The second-order valence-corrected chi connectivity index (χ2v) is 7.58. The lowest BCUT2D eigenvalue weighted by atomic mass is 9.67. The Kier molecular flexibility index (Phi) is 5.64. The molecule has 26 heavy (non-hydrogen) atoms. The predicted octanol–water partition coefficient (Wildman–Crippen LogP) is 2.98. The molecule has 0 saturated carbocycles. The first-order chi connectivity index (χ1) is 12.5. The summed E-state index contributed by atoms with van der Waals surface area (Å²) < 4.78 is 5.52. The van der Waals surface area contributed by atoms with Crippen molar-refractivity contribution in [2.45, 2.75) is 37.8 Å². The standard InChI is InChI=1S/C22H29NO3/c1-4-11-26-12-10-18-13-16(2)14-19-20(15-17-8-6-5-7-9-17)23(3)21(24)22(18,19)25/h4-9,13,18-20,25H,1,10-12,14-15H2,2-3H3/t18-,19-,20-,22+/m0/s1. The van der Waals surface area contributed by atoms with Gasteiger partial charge in [0.25, 0.3) is 5.91 Å². The van der Waals surface area contributed by atoms with Gasteiger partial charge in [0.05, 0.1) is 6.61 Å². The summed E-state index contributed by atoms with van der Waals surface area (Å²) in [5.74, 6) is -0.447. The van der Waals surface area contributed by atoms with Crippen LogP contribution >= 0.6 is 0 Å². The first-order valence-electron chi connectivity index (χ1n) is 9.38. The van der Waals surface area contributed by atoms with Crippen molar-refractivity contribution in [3.8, 4) is 0 Å². The van der Waals surface area contributed by atoms with E-state index in [1.807, 2.05) is 25.2 Å². The number of nitrogens with zero attached hydrogens (tertiary/aromatic N) is 1. The molecular weight excluding hydrogens is 326 g/mol. The van der Waals surface area contributed by atoms with E-state index in [0.29, 0.717) is 19.6 Å². The zero-order valence-corrected chi connectivity index (χ0v) is 15.7. The highest BCUT2D eigenvalue weighted by atomic mass is 16.5. The fraction of sp³-hybridized carbons (Fsp3) is 0.500. The Labute approximate surface area is 156 Å². The Balaban J connectivity index is 1.84. The normalized spacial score (nSPS) is 30.9. The maximum atomic E-state index is 13.1. The molecule has 4 nitrogen and oxygen atoms in total. The Morgan fingerprint density at radius 1 is 1.38 bits per heavy atom. The van der Waals surface area contributed by atoms with Gasteiger partial charge < -0.3 is 14.7 Å². The number of allylic oxidation sites excluding steroid dienone is 1. The molecule has 1 N–H and O–H groups in total. The van der Waals surface area contributed by atoms with E-state index >= 15 is 0 Å². The van der Waals surface area contributed by atoms with Crippen LogP contribution in [0.4, 0.5) is 0 Å². The molecule has 1 fully saturated rings. The number of carbonyl (C=O) groups is 1. The number of benzene rings is 1.